The van der Waals surface area contributed by atoms with E-state index in [-0.39, 0.29) is 11.7 Å². The first-order chi connectivity index (χ1) is 5.05. The quantitative estimate of drug-likeness (QED) is 0.482. The van der Waals surface area contributed by atoms with Crippen LogP contribution in [0.1, 0.15) is 33.6 Å². The minimum Gasteiger partial charge on any atom is -0.296 e. The van der Waals surface area contributed by atoms with Crippen molar-refractivity contribution in [3.8, 4) is 0 Å². The Morgan fingerprint density at radius 3 is 2.45 bits per heavy atom. The van der Waals surface area contributed by atoms with E-state index in [0.29, 0.717) is 0 Å². The summed E-state index contributed by atoms with van der Waals surface area (Å²) in [6.07, 6.45) is 2.39. The zero-order valence-corrected chi connectivity index (χ0v) is 7.59. The summed E-state index contributed by atoms with van der Waals surface area (Å²) in [6, 6.07) is 0. The zero-order chi connectivity index (χ0) is 8.48. The van der Waals surface area contributed by atoms with Crippen molar-refractivity contribution >= 4 is 0 Å². The molecule has 0 aromatic carbocycles. The lowest BCUT2D eigenvalue weighted by molar-refractivity contribution is 0.142. The molecule has 11 heavy (non-hydrogen) atoms. The van der Waals surface area contributed by atoms with Crippen LogP contribution in [-0.4, -0.2) is 23.1 Å². The number of hydrogen-bond donors (Lipinski definition) is 0. The average molecular weight is 152 g/mol. The van der Waals surface area contributed by atoms with Crippen LogP contribution in [0, 0.1) is 6.57 Å². The fraction of sp³-hybridized carbons (Fsp3) is 0.889. The Hall–Kier alpha value is -0.550. The van der Waals surface area contributed by atoms with Gasteiger partial charge >= 0.3 is 0 Å². The molecule has 1 saturated heterocycles. The van der Waals surface area contributed by atoms with Crippen LogP contribution in [-0.2, 0) is 0 Å². The van der Waals surface area contributed by atoms with Gasteiger partial charge in [-0.2, -0.15) is 0 Å². The lowest BCUT2D eigenvalue weighted by atomic mass is 10.1. The number of rotatable bonds is 0. The van der Waals surface area contributed by atoms with Crippen LogP contribution >= 0.6 is 0 Å². The summed E-state index contributed by atoms with van der Waals surface area (Å²) in [6.45, 7) is 14.6. The van der Waals surface area contributed by atoms with Crippen LogP contribution in [0.4, 0.5) is 0 Å². The summed E-state index contributed by atoms with van der Waals surface area (Å²) in [5.41, 5.74) is 0.172. The largest absolute Gasteiger partial charge is 0.296 e. The molecule has 0 N–H and O–H groups in total. The van der Waals surface area contributed by atoms with Gasteiger partial charge in [0.05, 0.1) is 0 Å². The Balaban J connectivity index is 2.66. The summed E-state index contributed by atoms with van der Waals surface area (Å²) >= 11 is 0. The Morgan fingerprint density at radius 2 is 2.09 bits per heavy atom. The Bertz CT molecular complexity index is 173. The second-order valence-electron chi connectivity index (χ2n) is 4.12. The Morgan fingerprint density at radius 1 is 1.45 bits per heavy atom. The molecule has 0 aromatic rings. The van der Waals surface area contributed by atoms with E-state index in [4.69, 9.17) is 6.57 Å². The molecule has 1 rings (SSSR count). The van der Waals surface area contributed by atoms with Gasteiger partial charge in [-0.05, 0) is 27.2 Å². The molecule has 0 radical (unpaired) electrons. The third kappa shape index (κ3) is 1.72. The highest BCUT2D eigenvalue weighted by molar-refractivity contribution is 4.92. The SMILES string of the molecule is [C-]#[N+][C@@H]1CCCN1C(C)(C)C. The molecule has 0 unspecified atom stereocenters. The summed E-state index contributed by atoms with van der Waals surface area (Å²) < 4.78 is 0. The van der Waals surface area contributed by atoms with Gasteiger partial charge in [0.15, 0.2) is 0 Å². The summed E-state index contributed by atoms with van der Waals surface area (Å²) in [4.78, 5) is 5.90. The molecule has 2 nitrogen and oxygen atoms in total. The Labute approximate surface area is 69.0 Å². The van der Waals surface area contributed by atoms with E-state index in [1.807, 2.05) is 0 Å². The van der Waals surface area contributed by atoms with Gasteiger partial charge in [0.1, 0.15) is 0 Å². The minimum atomic E-state index is 0.148. The van der Waals surface area contributed by atoms with E-state index in [2.05, 4.69) is 30.5 Å². The van der Waals surface area contributed by atoms with Crippen molar-refractivity contribution in [2.45, 2.75) is 45.3 Å². The van der Waals surface area contributed by atoms with E-state index in [0.717, 1.165) is 13.0 Å². The van der Waals surface area contributed by atoms with Crippen LogP contribution in [0.15, 0.2) is 0 Å². The molecular weight excluding hydrogens is 136 g/mol. The third-order valence-electron chi connectivity index (χ3n) is 2.23. The van der Waals surface area contributed by atoms with Gasteiger partial charge in [0, 0.05) is 18.5 Å². The normalized spacial score (nSPS) is 26.9. The van der Waals surface area contributed by atoms with Gasteiger partial charge in [0.2, 0.25) is 0 Å². The first-order valence-electron chi connectivity index (χ1n) is 4.19. The van der Waals surface area contributed by atoms with Gasteiger partial charge in [-0.3, -0.25) is 4.85 Å². The molecule has 1 aliphatic heterocycles. The van der Waals surface area contributed by atoms with Crippen molar-refractivity contribution in [3.63, 3.8) is 0 Å². The minimum absolute atomic E-state index is 0.148. The van der Waals surface area contributed by atoms with Crippen LogP contribution in [0.3, 0.4) is 0 Å². The van der Waals surface area contributed by atoms with Crippen molar-refractivity contribution in [1.29, 1.82) is 0 Å². The predicted molar refractivity (Wildman–Crippen MR) is 46.1 cm³/mol. The fourth-order valence-electron chi connectivity index (χ4n) is 1.67. The lowest BCUT2D eigenvalue weighted by Gasteiger charge is -2.30. The maximum atomic E-state index is 6.99. The molecule has 1 fully saturated rings. The molecule has 2 heteroatoms. The summed E-state index contributed by atoms with van der Waals surface area (Å²) in [5, 5.41) is 0. The summed E-state index contributed by atoms with van der Waals surface area (Å²) in [7, 11) is 0. The molecule has 1 atom stereocenters. The summed E-state index contributed by atoms with van der Waals surface area (Å²) in [5.74, 6) is 0. The molecule has 0 saturated carbocycles. The highest BCUT2D eigenvalue weighted by atomic mass is 15.3. The second-order valence-corrected chi connectivity index (χ2v) is 4.12. The number of likely N-dealkylation sites (tertiary alicyclic amines) is 1. The van der Waals surface area contributed by atoms with E-state index in [1.54, 1.807) is 0 Å². The van der Waals surface area contributed by atoms with Gasteiger partial charge < -0.3 is 0 Å². The monoisotopic (exact) mass is 152 g/mol. The highest BCUT2D eigenvalue weighted by Gasteiger charge is 2.36. The Kier molecular flexibility index (Phi) is 2.20. The van der Waals surface area contributed by atoms with Crippen LogP contribution < -0.4 is 0 Å². The third-order valence-corrected chi connectivity index (χ3v) is 2.23. The standard InChI is InChI=1S/C9H16N2/c1-9(2,3)11-7-5-6-8(11)10-4/h8H,5-7H2,1-3H3/t8-/m0/s1. The smallest absolute Gasteiger partial charge is 0.280 e. The highest BCUT2D eigenvalue weighted by Crippen LogP contribution is 2.26. The first kappa shape index (κ1) is 8.55. The molecule has 62 valence electrons. The van der Waals surface area contributed by atoms with E-state index in [1.165, 1.54) is 6.42 Å². The molecule has 0 amide bonds. The van der Waals surface area contributed by atoms with Crippen molar-refractivity contribution in [2.24, 2.45) is 0 Å². The topological polar surface area (TPSA) is 7.60 Å². The maximum Gasteiger partial charge on any atom is 0.280 e. The van der Waals surface area contributed by atoms with Crippen molar-refractivity contribution < 1.29 is 0 Å². The molecule has 0 spiro atoms. The lowest BCUT2D eigenvalue weighted by Crippen LogP contribution is -2.43. The fourth-order valence-corrected chi connectivity index (χ4v) is 1.67. The van der Waals surface area contributed by atoms with Crippen molar-refractivity contribution in [1.82, 2.24) is 4.90 Å². The molecule has 0 bridgehead atoms. The second kappa shape index (κ2) is 2.83. The number of hydrogen-bond acceptors (Lipinski definition) is 1. The van der Waals surface area contributed by atoms with Gasteiger partial charge in [0.25, 0.3) is 6.17 Å². The van der Waals surface area contributed by atoms with E-state index < -0.39 is 0 Å². The predicted octanol–water partition coefficient (Wildman–Crippen LogP) is 2.13. The zero-order valence-electron chi connectivity index (χ0n) is 7.59. The van der Waals surface area contributed by atoms with Gasteiger partial charge in [-0.25, -0.2) is 11.5 Å². The average Bonchev–Trinajstić information content (AvgIpc) is 2.31. The molecule has 0 aromatic heterocycles. The number of nitrogens with zero attached hydrogens (tertiary/aromatic N) is 2. The van der Waals surface area contributed by atoms with Crippen LogP contribution in [0.25, 0.3) is 4.85 Å². The molecular formula is C9H16N2. The van der Waals surface area contributed by atoms with E-state index in [9.17, 15) is 0 Å². The molecule has 1 heterocycles. The van der Waals surface area contributed by atoms with Gasteiger partial charge in [-0.1, -0.05) is 0 Å². The van der Waals surface area contributed by atoms with Crippen LogP contribution in [0.5, 0.6) is 0 Å². The van der Waals surface area contributed by atoms with Crippen molar-refractivity contribution in [3.05, 3.63) is 11.4 Å². The molecule has 0 aliphatic carbocycles. The van der Waals surface area contributed by atoms with Crippen molar-refractivity contribution in [2.75, 3.05) is 6.54 Å². The maximum absolute atomic E-state index is 6.99. The van der Waals surface area contributed by atoms with Crippen LogP contribution in [0.2, 0.25) is 0 Å². The molecule has 1 aliphatic rings. The van der Waals surface area contributed by atoms with Gasteiger partial charge in [-0.15, -0.1) is 0 Å². The van der Waals surface area contributed by atoms with E-state index >= 15 is 0 Å². The first-order valence-corrected chi connectivity index (χ1v) is 4.19.